The Morgan fingerprint density at radius 3 is 2.33 bits per heavy atom. The number of likely N-dealkylation sites (tertiary alicyclic amines) is 1. The van der Waals surface area contributed by atoms with E-state index in [0.717, 1.165) is 13.1 Å². The van der Waals surface area contributed by atoms with Crippen molar-refractivity contribution in [1.29, 1.82) is 0 Å². The Labute approximate surface area is 74.7 Å². The molecule has 0 aromatic heterocycles. The molecule has 1 saturated heterocycles. The summed E-state index contributed by atoms with van der Waals surface area (Å²) in [5.41, 5.74) is 0. The topological polar surface area (TPSA) is 37.4 Å². The molecular weight excluding hydrogens is 174 g/mol. The van der Waals surface area contributed by atoms with Crippen LogP contribution in [-0.4, -0.2) is 44.5 Å². The smallest absolute Gasteiger partial charge is 0.151 e. The molecule has 0 bridgehead atoms. The zero-order chi connectivity index (χ0) is 9.03. The fourth-order valence-corrected chi connectivity index (χ4v) is 2.12. The van der Waals surface area contributed by atoms with Crippen molar-refractivity contribution in [3.63, 3.8) is 0 Å². The molecule has 0 N–H and O–H groups in total. The van der Waals surface area contributed by atoms with Crippen molar-refractivity contribution < 1.29 is 8.42 Å². The molecule has 0 saturated carbocycles. The van der Waals surface area contributed by atoms with Crippen molar-refractivity contribution >= 4 is 9.84 Å². The van der Waals surface area contributed by atoms with Crippen LogP contribution in [0.4, 0.5) is 0 Å². The van der Waals surface area contributed by atoms with E-state index in [1.165, 1.54) is 12.8 Å². The second-order valence-electron chi connectivity index (χ2n) is 3.20. The van der Waals surface area contributed by atoms with Gasteiger partial charge in [0.2, 0.25) is 0 Å². The van der Waals surface area contributed by atoms with E-state index in [1.807, 2.05) is 0 Å². The van der Waals surface area contributed by atoms with Crippen molar-refractivity contribution in [3.05, 3.63) is 6.92 Å². The number of hydrogen-bond acceptors (Lipinski definition) is 3. The van der Waals surface area contributed by atoms with Crippen LogP contribution in [0.3, 0.4) is 0 Å². The summed E-state index contributed by atoms with van der Waals surface area (Å²) in [5.74, 6) is 0.303. The zero-order valence-electron chi connectivity index (χ0n) is 7.33. The van der Waals surface area contributed by atoms with Gasteiger partial charge in [0, 0.05) is 6.54 Å². The Hall–Kier alpha value is -0.0900. The van der Waals surface area contributed by atoms with E-state index < -0.39 is 9.84 Å². The van der Waals surface area contributed by atoms with Crippen molar-refractivity contribution in [3.8, 4) is 0 Å². The monoisotopic (exact) mass is 190 g/mol. The molecule has 1 aliphatic heterocycles. The van der Waals surface area contributed by atoms with Crippen LogP contribution in [0.5, 0.6) is 0 Å². The Balaban J connectivity index is 2.25. The van der Waals surface area contributed by atoms with E-state index in [-0.39, 0.29) is 11.5 Å². The minimum Gasteiger partial charge on any atom is -0.302 e. The van der Waals surface area contributed by atoms with Crippen LogP contribution >= 0.6 is 0 Å². The fraction of sp³-hybridized carbons (Fsp3) is 0.875. The van der Waals surface area contributed by atoms with Gasteiger partial charge in [-0.25, -0.2) is 8.42 Å². The molecule has 0 amide bonds. The molecule has 12 heavy (non-hydrogen) atoms. The van der Waals surface area contributed by atoms with Gasteiger partial charge in [-0.15, -0.1) is 0 Å². The summed E-state index contributed by atoms with van der Waals surface area (Å²) in [6.07, 6.45) is 2.43. The van der Waals surface area contributed by atoms with Crippen LogP contribution < -0.4 is 0 Å². The first-order valence-corrected chi connectivity index (χ1v) is 6.18. The summed E-state index contributed by atoms with van der Waals surface area (Å²) in [4.78, 5) is 2.20. The molecule has 0 aliphatic carbocycles. The Kier molecular flexibility index (Phi) is 3.53. The number of nitrogens with zero attached hydrogens (tertiary/aromatic N) is 1. The maximum atomic E-state index is 11.1. The maximum absolute atomic E-state index is 11.1. The molecule has 0 atom stereocenters. The highest BCUT2D eigenvalue weighted by Gasteiger charge is 2.14. The highest BCUT2D eigenvalue weighted by atomic mass is 32.2. The average molecular weight is 190 g/mol. The van der Waals surface area contributed by atoms with Gasteiger partial charge < -0.3 is 4.90 Å². The first-order valence-electron chi connectivity index (χ1n) is 4.36. The van der Waals surface area contributed by atoms with E-state index in [2.05, 4.69) is 11.8 Å². The SMILES string of the molecule is [CH2]CS(=O)(=O)CCN1CCCC1. The summed E-state index contributed by atoms with van der Waals surface area (Å²) < 4.78 is 22.1. The third kappa shape index (κ3) is 3.11. The quantitative estimate of drug-likeness (QED) is 0.641. The van der Waals surface area contributed by atoms with Gasteiger partial charge in [-0.3, -0.25) is 0 Å². The molecule has 1 fully saturated rings. The second kappa shape index (κ2) is 4.23. The van der Waals surface area contributed by atoms with Gasteiger partial charge in [0.1, 0.15) is 0 Å². The fourth-order valence-electron chi connectivity index (χ4n) is 1.38. The number of sulfone groups is 1. The van der Waals surface area contributed by atoms with Gasteiger partial charge in [-0.05, 0) is 32.9 Å². The molecule has 3 nitrogen and oxygen atoms in total. The molecule has 1 aliphatic rings. The van der Waals surface area contributed by atoms with Crippen LogP contribution in [0, 0.1) is 6.92 Å². The number of hydrogen-bond donors (Lipinski definition) is 0. The van der Waals surface area contributed by atoms with Crippen molar-refractivity contribution in [2.75, 3.05) is 31.1 Å². The van der Waals surface area contributed by atoms with Crippen molar-refractivity contribution in [1.82, 2.24) is 4.90 Å². The minimum absolute atomic E-state index is 0.0286. The van der Waals surface area contributed by atoms with Crippen molar-refractivity contribution in [2.45, 2.75) is 12.8 Å². The zero-order valence-corrected chi connectivity index (χ0v) is 8.15. The molecule has 1 heterocycles. The van der Waals surface area contributed by atoms with Crippen LogP contribution in [0.25, 0.3) is 0 Å². The molecule has 71 valence electrons. The summed E-state index contributed by atoms with van der Waals surface area (Å²) >= 11 is 0. The minimum atomic E-state index is -2.86. The summed E-state index contributed by atoms with van der Waals surface area (Å²) in [6.45, 7) is 6.21. The maximum Gasteiger partial charge on any atom is 0.151 e. The van der Waals surface area contributed by atoms with Gasteiger partial charge in [0.05, 0.1) is 11.5 Å². The highest BCUT2D eigenvalue weighted by molar-refractivity contribution is 7.91. The summed E-state index contributed by atoms with van der Waals surface area (Å²) in [6, 6.07) is 0. The standard InChI is InChI=1S/C8H16NO2S/c1-2-12(10,11)8-7-9-5-3-4-6-9/h1-8H2. The third-order valence-electron chi connectivity index (χ3n) is 2.23. The Morgan fingerprint density at radius 2 is 1.83 bits per heavy atom. The third-order valence-corrected chi connectivity index (χ3v) is 3.65. The first kappa shape index (κ1) is 9.99. The summed E-state index contributed by atoms with van der Waals surface area (Å²) in [7, 11) is -2.86. The number of rotatable bonds is 4. The van der Waals surface area contributed by atoms with E-state index in [4.69, 9.17) is 0 Å². The van der Waals surface area contributed by atoms with E-state index in [1.54, 1.807) is 0 Å². The van der Waals surface area contributed by atoms with Gasteiger partial charge in [0.15, 0.2) is 9.84 Å². The molecular formula is C8H16NO2S. The predicted octanol–water partition coefficient (Wildman–Crippen LogP) is 0.331. The lowest BCUT2D eigenvalue weighted by atomic mass is 10.4. The molecule has 0 unspecified atom stereocenters. The lowest BCUT2D eigenvalue weighted by Gasteiger charge is -2.13. The molecule has 1 rings (SSSR count). The second-order valence-corrected chi connectivity index (χ2v) is 5.50. The highest BCUT2D eigenvalue weighted by Crippen LogP contribution is 2.06. The van der Waals surface area contributed by atoms with Crippen LogP contribution in [0.1, 0.15) is 12.8 Å². The lowest BCUT2D eigenvalue weighted by molar-refractivity contribution is 0.359. The molecule has 1 radical (unpaired) electrons. The van der Waals surface area contributed by atoms with Gasteiger partial charge >= 0.3 is 0 Å². The Morgan fingerprint density at radius 1 is 1.25 bits per heavy atom. The van der Waals surface area contributed by atoms with E-state index in [9.17, 15) is 8.42 Å². The van der Waals surface area contributed by atoms with Gasteiger partial charge in [0.25, 0.3) is 0 Å². The average Bonchev–Trinajstić information content (AvgIpc) is 2.53. The largest absolute Gasteiger partial charge is 0.302 e. The molecule has 0 aromatic carbocycles. The first-order chi connectivity index (χ1) is 5.64. The van der Waals surface area contributed by atoms with Crippen molar-refractivity contribution in [2.24, 2.45) is 0 Å². The van der Waals surface area contributed by atoms with Crippen LogP contribution in [0.15, 0.2) is 0 Å². The Bertz CT molecular complexity index is 217. The normalized spacial score (nSPS) is 20.1. The van der Waals surface area contributed by atoms with Crippen LogP contribution in [0.2, 0.25) is 0 Å². The summed E-state index contributed by atoms with van der Waals surface area (Å²) in [5, 5.41) is 0. The van der Waals surface area contributed by atoms with E-state index >= 15 is 0 Å². The van der Waals surface area contributed by atoms with Gasteiger partial charge in [-0.1, -0.05) is 0 Å². The molecule has 4 heteroatoms. The van der Waals surface area contributed by atoms with E-state index in [0.29, 0.717) is 6.54 Å². The van der Waals surface area contributed by atoms with Crippen LogP contribution in [-0.2, 0) is 9.84 Å². The van der Waals surface area contributed by atoms with Gasteiger partial charge in [-0.2, -0.15) is 0 Å². The predicted molar refractivity (Wildman–Crippen MR) is 49.7 cm³/mol. The lowest BCUT2D eigenvalue weighted by Crippen LogP contribution is -2.27. The molecule has 0 aromatic rings. The molecule has 0 spiro atoms.